The molecule has 2 heterocycles. The van der Waals surface area contributed by atoms with E-state index in [1.54, 1.807) is 0 Å². The van der Waals surface area contributed by atoms with Crippen LogP contribution in [0.15, 0.2) is 0 Å². The van der Waals surface area contributed by atoms with Gasteiger partial charge in [-0.3, -0.25) is 4.79 Å². The standard InChI is InChI=1S/C14H23NO/c1-9(2)11-7-12-5-6-13(8-11)15(12)14(16)10-3-4-10/h9-13H,3-8H2,1-2H3/t11?,12-,13+. The van der Waals surface area contributed by atoms with Crippen LogP contribution in [0.1, 0.15) is 52.4 Å². The van der Waals surface area contributed by atoms with Gasteiger partial charge in [-0.15, -0.1) is 0 Å². The maximum atomic E-state index is 12.2. The molecule has 1 saturated carbocycles. The molecule has 0 aromatic rings. The summed E-state index contributed by atoms with van der Waals surface area (Å²) in [6.07, 6.45) is 7.39. The second kappa shape index (κ2) is 3.75. The number of fused-ring (bicyclic) bond motifs is 2. The van der Waals surface area contributed by atoms with E-state index in [0.717, 1.165) is 24.7 Å². The van der Waals surface area contributed by atoms with Crippen LogP contribution in [0.25, 0.3) is 0 Å². The van der Waals surface area contributed by atoms with Crippen LogP contribution in [0.4, 0.5) is 0 Å². The lowest BCUT2D eigenvalue weighted by atomic mass is 9.82. The molecule has 3 fully saturated rings. The Hall–Kier alpha value is -0.530. The van der Waals surface area contributed by atoms with Gasteiger partial charge in [0.25, 0.3) is 0 Å². The second-order valence-electron chi connectivity index (χ2n) is 6.38. The lowest BCUT2D eigenvalue weighted by Gasteiger charge is -2.40. The number of carbonyl (C=O) groups excluding carboxylic acids is 1. The monoisotopic (exact) mass is 221 g/mol. The molecule has 2 nitrogen and oxygen atoms in total. The number of nitrogens with zero attached hydrogens (tertiary/aromatic N) is 1. The van der Waals surface area contributed by atoms with Crippen molar-refractivity contribution in [3.8, 4) is 0 Å². The highest BCUT2D eigenvalue weighted by atomic mass is 16.2. The lowest BCUT2D eigenvalue weighted by Crippen LogP contribution is -2.48. The van der Waals surface area contributed by atoms with Crippen LogP contribution in [0.2, 0.25) is 0 Å². The molecule has 3 atom stereocenters. The number of carbonyl (C=O) groups is 1. The van der Waals surface area contributed by atoms with E-state index in [4.69, 9.17) is 0 Å². The predicted molar refractivity (Wildman–Crippen MR) is 63.9 cm³/mol. The van der Waals surface area contributed by atoms with Crippen LogP contribution in [-0.4, -0.2) is 22.9 Å². The summed E-state index contributed by atoms with van der Waals surface area (Å²) in [4.78, 5) is 14.5. The number of rotatable bonds is 2. The van der Waals surface area contributed by atoms with Crippen LogP contribution in [0.5, 0.6) is 0 Å². The summed E-state index contributed by atoms with van der Waals surface area (Å²) in [6.45, 7) is 4.67. The molecular weight excluding hydrogens is 198 g/mol. The Morgan fingerprint density at radius 1 is 1.06 bits per heavy atom. The van der Waals surface area contributed by atoms with Crippen molar-refractivity contribution in [1.29, 1.82) is 0 Å². The Labute approximate surface area is 98.4 Å². The van der Waals surface area contributed by atoms with Gasteiger partial charge in [-0.05, 0) is 50.4 Å². The normalized spacial score (nSPS) is 38.2. The molecule has 2 aliphatic heterocycles. The van der Waals surface area contributed by atoms with Gasteiger partial charge in [0.2, 0.25) is 5.91 Å². The maximum Gasteiger partial charge on any atom is 0.226 e. The van der Waals surface area contributed by atoms with Crippen LogP contribution < -0.4 is 0 Å². The molecule has 0 spiro atoms. The molecule has 16 heavy (non-hydrogen) atoms. The first-order valence-electron chi connectivity index (χ1n) is 6.99. The van der Waals surface area contributed by atoms with Crippen molar-refractivity contribution in [3.63, 3.8) is 0 Å². The van der Waals surface area contributed by atoms with E-state index < -0.39 is 0 Å². The summed E-state index contributed by atoms with van der Waals surface area (Å²) < 4.78 is 0. The van der Waals surface area contributed by atoms with Gasteiger partial charge in [0, 0.05) is 18.0 Å². The van der Waals surface area contributed by atoms with Gasteiger partial charge in [0.05, 0.1) is 0 Å². The van der Waals surface area contributed by atoms with E-state index in [2.05, 4.69) is 18.7 Å². The Kier molecular flexibility index (Phi) is 2.49. The zero-order valence-corrected chi connectivity index (χ0v) is 10.5. The van der Waals surface area contributed by atoms with E-state index in [9.17, 15) is 4.79 Å². The van der Waals surface area contributed by atoms with Crippen molar-refractivity contribution in [2.24, 2.45) is 17.8 Å². The molecule has 2 heteroatoms. The lowest BCUT2D eigenvalue weighted by molar-refractivity contribution is -0.138. The van der Waals surface area contributed by atoms with Gasteiger partial charge >= 0.3 is 0 Å². The summed E-state index contributed by atoms with van der Waals surface area (Å²) >= 11 is 0. The topological polar surface area (TPSA) is 20.3 Å². The van der Waals surface area contributed by atoms with Gasteiger partial charge in [0.15, 0.2) is 0 Å². The van der Waals surface area contributed by atoms with Crippen LogP contribution in [0, 0.1) is 17.8 Å². The predicted octanol–water partition coefficient (Wildman–Crippen LogP) is 2.82. The van der Waals surface area contributed by atoms with E-state index >= 15 is 0 Å². The zero-order valence-electron chi connectivity index (χ0n) is 10.5. The quantitative estimate of drug-likeness (QED) is 0.702. The van der Waals surface area contributed by atoms with E-state index in [0.29, 0.717) is 23.9 Å². The highest BCUT2D eigenvalue weighted by Gasteiger charge is 2.47. The minimum atomic E-state index is 0.415. The minimum absolute atomic E-state index is 0.415. The number of hydrogen-bond donors (Lipinski definition) is 0. The SMILES string of the molecule is CC(C)C1C[C@H]2CC[C@@H](C1)N2C(=O)C1CC1. The third-order valence-electron chi connectivity index (χ3n) is 4.89. The first-order valence-corrected chi connectivity index (χ1v) is 6.99. The van der Waals surface area contributed by atoms with Gasteiger partial charge in [-0.1, -0.05) is 13.8 Å². The molecule has 0 aromatic heterocycles. The van der Waals surface area contributed by atoms with Crippen LogP contribution in [0.3, 0.4) is 0 Å². The second-order valence-corrected chi connectivity index (χ2v) is 6.38. The summed E-state index contributed by atoms with van der Waals surface area (Å²) in [5.74, 6) is 2.57. The number of hydrogen-bond acceptors (Lipinski definition) is 1. The summed E-state index contributed by atoms with van der Waals surface area (Å²) in [5.41, 5.74) is 0. The molecule has 0 aromatic carbocycles. The molecule has 3 aliphatic rings. The molecule has 1 aliphatic carbocycles. The Morgan fingerprint density at radius 2 is 1.62 bits per heavy atom. The maximum absolute atomic E-state index is 12.2. The largest absolute Gasteiger partial charge is 0.336 e. The van der Waals surface area contributed by atoms with E-state index in [-0.39, 0.29) is 0 Å². The van der Waals surface area contributed by atoms with Crippen molar-refractivity contribution in [2.45, 2.75) is 64.5 Å². The fraction of sp³-hybridized carbons (Fsp3) is 0.929. The van der Waals surface area contributed by atoms with Crippen LogP contribution in [-0.2, 0) is 4.79 Å². The van der Waals surface area contributed by atoms with Gasteiger partial charge in [0.1, 0.15) is 0 Å². The molecule has 90 valence electrons. The highest BCUT2D eigenvalue weighted by Crippen LogP contribution is 2.44. The van der Waals surface area contributed by atoms with E-state index in [1.165, 1.54) is 25.7 Å². The van der Waals surface area contributed by atoms with Crippen molar-refractivity contribution in [1.82, 2.24) is 4.90 Å². The Morgan fingerprint density at radius 3 is 2.06 bits per heavy atom. The molecular formula is C14H23NO. The summed E-state index contributed by atoms with van der Waals surface area (Å²) in [6, 6.07) is 1.19. The Balaban J connectivity index is 1.72. The minimum Gasteiger partial charge on any atom is -0.336 e. The highest BCUT2D eigenvalue weighted by molar-refractivity contribution is 5.82. The molecule has 1 amide bonds. The van der Waals surface area contributed by atoms with Crippen molar-refractivity contribution >= 4 is 5.91 Å². The molecule has 0 N–H and O–H groups in total. The molecule has 2 bridgehead atoms. The first kappa shape index (κ1) is 10.6. The number of piperidine rings is 1. The first-order chi connectivity index (χ1) is 7.66. The Bertz CT molecular complexity index is 281. The number of amides is 1. The molecule has 1 unspecified atom stereocenters. The third-order valence-corrected chi connectivity index (χ3v) is 4.89. The summed E-state index contributed by atoms with van der Waals surface area (Å²) in [5, 5.41) is 0. The average molecular weight is 221 g/mol. The van der Waals surface area contributed by atoms with Crippen LogP contribution >= 0.6 is 0 Å². The van der Waals surface area contributed by atoms with Crippen molar-refractivity contribution in [2.75, 3.05) is 0 Å². The molecule has 0 radical (unpaired) electrons. The van der Waals surface area contributed by atoms with Gasteiger partial charge < -0.3 is 4.90 Å². The molecule has 3 rings (SSSR count). The zero-order chi connectivity index (χ0) is 11.3. The van der Waals surface area contributed by atoms with Gasteiger partial charge in [-0.2, -0.15) is 0 Å². The third kappa shape index (κ3) is 1.66. The summed E-state index contributed by atoms with van der Waals surface area (Å²) in [7, 11) is 0. The van der Waals surface area contributed by atoms with E-state index in [1.807, 2.05) is 0 Å². The molecule has 2 saturated heterocycles. The smallest absolute Gasteiger partial charge is 0.226 e. The fourth-order valence-electron chi connectivity index (χ4n) is 3.66. The fourth-order valence-corrected chi connectivity index (χ4v) is 3.66. The average Bonchev–Trinajstić information content (AvgIpc) is 3.04. The van der Waals surface area contributed by atoms with Crippen molar-refractivity contribution in [3.05, 3.63) is 0 Å². The van der Waals surface area contributed by atoms with Crippen molar-refractivity contribution < 1.29 is 4.79 Å². The van der Waals surface area contributed by atoms with Gasteiger partial charge in [-0.25, -0.2) is 0 Å².